The van der Waals surface area contributed by atoms with Gasteiger partial charge >= 0.3 is 0 Å². The summed E-state index contributed by atoms with van der Waals surface area (Å²) in [6, 6.07) is 19.4. The van der Waals surface area contributed by atoms with Gasteiger partial charge in [-0.15, -0.1) is 0 Å². The van der Waals surface area contributed by atoms with Crippen LogP contribution in [0.15, 0.2) is 66.7 Å². The quantitative estimate of drug-likeness (QED) is 0.427. The van der Waals surface area contributed by atoms with Gasteiger partial charge in [0.15, 0.2) is 0 Å². The van der Waals surface area contributed by atoms with E-state index in [9.17, 15) is 9.59 Å². The first-order chi connectivity index (χ1) is 15.8. The summed E-state index contributed by atoms with van der Waals surface area (Å²) in [5.74, 6) is -0.0304. The van der Waals surface area contributed by atoms with Crippen molar-refractivity contribution < 1.29 is 19.1 Å². The van der Waals surface area contributed by atoms with Gasteiger partial charge in [-0.05, 0) is 35.7 Å². The fourth-order valence-electron chi connectivity index (χ4n) is 3.60. The molecule has 0 saturated heterocycles. The standard InChI is InChI=1S/C26H27ClN2O4/c1-16(2)24(17-10-12-19(27)13-11-17)26(31)29-21-15-22(32-3)20(14-23(21)33-4)28-25(30)18-8-6-5-7-9-18/h5-16,24H,1-4H3,(H,28,30)(H,29,31). The van der Waals surface area contributed by atoms with Gasteiger partial charge in [-0.25, -0.2) is 0 Å². The van der Waals surface area contributed by atoms with Gasteiger partial charge in [0, 0.05) is 22.7 Å². The number of carbonyl (C=O) groups excluding carboxylic acids is 2. The average Bonchev–Trinajstić information content (AvgIpc) is 2.81. The van der Waals surface area contributed by atoms with Crippen LogP contribution >= 0.6 is 11.6 Å². The summed E-state index contributed by atoms with van der Waals surface area (Å²) in [5.41, 5.74) is 2.25. The molecule has 0 radical (unpaired) electrons. The molecule has 3 aromatic rings. The van der Waals surface area contributed by atoms with Gasteiger partial charge in [0.2, 0.25) is 5.91 Å². The molecule has 0 spiro atoms. The molecular weight excluding hydrogens is 440 g/mol. The number of hydrogen-bond acceptors (Lipinski definition) is 4. The van der Waals surface area contributed by atoms with Crippen LogP contribution in [0.25, 0.3) is 0 Å². The lowest BCUT2D eigenvalue weighted by Crippen LogP contribution is -2.25. The van der Waals surface area contributed by atoms with E-state index in [1.807, 2.05) is 32.0 Å². The molecule has 3 aromatic carbocycles. The number of ether oxygens (including phenoxy) is 2. The fraction of sp³-hybridized carbons (Fsp3) is 0.231. The Morgan fingerprint density at radius 3 is 1.88 bits per heavy atom. The molecule has 0 bridgehead atoms. The number of methoxy groups -OCH3 is 2. The van der Waals surface area contributed by atoms with Crippen molar-refractivity contribution in [2.45, 2.75) is 19.8 Å². The van der Waals surface area contributed by atoms with Crippen molar-refractivity contribution in [3.8, 4) is 11.5 Å². The van der Waals surface area contributed by atoms with Crippen molar-refractivity contribution in [3.63, 3.8) is 0 Å². The summed E-state index contributed by atoms with van der Waals surface area (Å²) in [6.07, 6.45) is 0. The smallest absolute Gasteiger partial charge is 0.255 e. The first-order valence-electron chi connectivity index (χ1n) is 10.5. The number of amides is 2. The fourth-order valence-corrected chi connectivity index (χ4v) is 3.72. The second-order valence-electron chi connectivity index (χ2n) is 7.84. The molecular formula is C26H27ClN2O4. The zero-order valence-corrected chi connectivity index (χ0v) is 19.8. The van der Waals surface area contributed by atoms with E-state index in [-0.39, 0.29) is 17.7 Å². The summed E-state index contributed by atoms with van der Waals surface area (Å²) < 4.78 is 11.0. The monoisotopic (exact) mass is 466 g/mol. The normalized spacial score (nSPS) is 11.6. The molecule has 1 unspecified atom stereocenters. The van der Waals surface area contributed by atoms with E-state index in [1.54, 1.807) is 48.5 Å². The van der Waals surface area contributed by atoms with Crippen LogP contribution in [-0.4, -0.2) is 26.0 Å². The van der Waals surface area contributed by atoms with Gasteiger partial charge in [-0.2, -0.15) is 0 Å². The van der Waals surface area contributed by atoms with Crippen molar-refractivity contribution in [1.82, 2.24) is 0 Å². The third-order valence-electron chi connectivity index (χ3n) is 5.24. The van der Waals surface area contributed by atoms with E-state index in [2.05, 4.69) is 10.6 Å². The molecule has 0 aliphatic carbocycles. The summed E-state index contributed by atoms with van der Waals surface area (Å²) in [4.78, 5) is 25.8. The Bertz CT molecular complexity index is 1120. The Balaban J connectivity index is 1.88. The number of anilines is 2. The predicted molar refractivity (Wildman–Crippen MR) is 132 cm³/mol. The topological polar surface area (TPSA) is 76.7 Å². The van der Waals surface area contributed by atoms with Crippen molar-refractivity contribution in [2.24, 2.45) is 5.92 Å². The maximum atomic E-state index is 13.2. The second-order valence-corrected chi connectivity index (χ2v) is 8.27. The number of rotatable bonds is 8. The van der Waals surface area contributed by atoms with E-state index < -0.39 is 5.92 Å². The van der Waals surface area contributed by atoms with Crippen molar-refractivity contribution in [2.75, 3.05) is 24.9 Å². The first-order valence-corrected chi connectivity index (χ1v) is 10.9. The van der Waals surface area contributed by atoms with Gasteiger partial charge in [-0.3, -0.25) is 9.59 Å². The lowest BCUT2D eigenvalue weighted by Gasteiger charge is -2.22. The van der Waals surface area contributed by atoms with Crippen LogP contribution in [0, 0.1) is 5.92 Å². The second kappa shape index (κ2) is 10.9. The molecule has 0 fully saturated rings. The highest BCUT2D eigenvalue weighted by Gasteiger charge is 2.26. The van der Waals surface area contributed by atoms with E-state index >= 15 is 0 Å². The SMILES string of the molecule is COc1cc(NC(=O)C(c2ccc(Cl)cc2)C(C)C)c(OC)cc1NC(=O)c1ccccc1. The molecule has 2 amide bonds. The summed E-state index contributed by atoms with van der Waals surface area (Å²) >= 11 is 6.01. The van der Waals surface area contributed by atoms with Crippen LogP contribution in [0.4, 0.5) is 11.4 Å². The zero-order valence-electron chi connectivity index (χ0n) is 19.0. The molecule has 3 rings (SSSR count). The molecule has 172 valence electrons. The van der Waals surface area contributed by atoms with Crippen LogP contribution in [-0.2, 0) is 4.79 Å². The van der Waals surface area contributed by atoms with Gasteiger partial charge in [0.05, 0.1) is 31.5 Å². The van der Waals surface area contributed by atoms with Gasteiger partial charge < -0.3 is 20.1 Å². The van der Waals surface area contributed by atoms with E-state index in [1.165, 1.54) is 14.2 Å². The van der Waals surface area contributed by atoms with Crippen LogP contribution in [0.2, 0.25) is 5.02 Å². The number of benzene rings is 3. The molecule has 0 aliphatic rings. The Morgan fingerprint density at radius 2 is 1.36 bits per heavy atom. The molecule has 2 N–H and O–H groups in total. The molecule has 0 saturated carbocycles. The number of carbonyl (C=O) groups is 2. The zero-order chi connectivity index (χ0) is 24.0. The molecule has 7 heteroatoms. The summed E-state index contributed by atoms with van der Waals surface area (Å²) in [5, 5.41) is 6.40. The molecule has 0 aliphatic heterocycles. The molecule has 0 heterocycles. The number of nitrogens with one attached hydrogen (secondary N) is 2. The molecule has 0 aromatic heterocycles. The maximum absolute atomic E-state index is 13.2. The number of hydrogen-bond donors (Lipinski definition) is 2. The molecule has 33 heavy (non-hydrogen) atoms. The highest BCUT2D eigenvalue weighted by atomic mass is 35.5. The summed E-state index contributed by atoms with van der Waals surface area (Å²) in [7, 11) is 3.00. The number of halogens is 1. The summed E-state index contributed by atoms with van der Waals surface area (Å²) in [6.45, 7) is 3.97. The van der Waals surface area contributed by atoms with Gasteiger partial charge in [0.1, 0.15) is 11.5 Å². The lowest BCUT2D eigenvalue weighted by molar-refractivity contribution is -0.118. The Labute approximate surface area is 198 Å². The lowest BCUT2D eigenvalue weighted by atomic mass is 9.87. The Kier molecular flexibility index (Phi) is 7.96. The van der Waals surface area contributed by atoms with Gasteiger partial charge in [-0.1, -0.05) is 55.8 Å². The minimum absolute atomic E-state index is 0.0449. The van der Waals surface area contributed by atoms with E-state index in [0.717, 1.165) is 5.56 Å². The third-order valence-corrected chi connectivity index (χ3v) is 5.49. The molecule has 6 nitrogen and oxygen atoms in total. The van der Waals surface area contributed by atoms with Crippen LogP contribution in [0.1, 0.15) is 35.7 Å². The average molecular weight is 467 g/mol. The largest absolute Gasteiger partial charge is 0.494 e. The van der Waals surface area contributed by atoms with Gasteiger partial charge in [0.25, 0.3) is 5.91 Å². The van der Waals surface area contributed by atoms with Crippen molar-refractivity contribution >= 4 is 34.8 Å². The Hall–Kier alpha value is -3.51. The Morgan fingerprint density at radius 1 is 0.818 bits per heavy atom. The predicted octanol–water partition coefficient (Wildman–Crippen LogP) is 5.99. The third kappa shape index (κ3) is 5.84. The highest BCUT2D eigenvalue weighted by molar-refractivity contribution is 6.30. The van der Waals surface area contributed by atoms with Crippen LogP contribution < -0.4 is 20.1 Å². The molecule has 1 atom stereocenters. The van der Waals surface area contributed by atoms with Crippen molar-refractivity contribution in [3.05, 3.63) is 82.9 Å². The van der Waals surface area contributed by atoms with E-state index in [4.69, 9.17) is 21.1 Å². The minimum atomic E-state index is -0.393. The highest BCUT2D eigenvalue weighted by Crippen LogP contribution is 2.38. The van der Waals surface area contributed by atoms with E-state index in [0.29, 0.717) is 33.5 Å². The van der Waals surface area contributed by atoms with Crippen LogP contribution in [0.5, 0.6) is 11.5 Å². The first kappa shape index (κ1) is 24.1. The minimum Gasteiger partial charge on any atom is -0.494 e. The maximum Gasteiger partial charge on any atom is 0.255 e. The van der Waals surface area contributed by atoms with Crippen molar-refractivity contribution in [1.29, 1.82) is 0 Å². The van der Waals surface area contributed by atoms with Crippen LogP contribution in [0.3, 0.4) is 0 Å².